The lowest BCUT2D eigenvalue weighted by Crippen LogP contribution is -2.42. The molecule has 0 spiro atoms. The molecular weight excluding hydrogens is 344 g/mol. The molecule has 7 nitrogen and oxygen atoms in total. The van der Waals surface area contributed by atoms with Gasteiger partial charge in [0.2, 0.25) is 5.91 Å². The Labute approximate surface area is 160 Å². The molecule has 0 aliphatic carbocycles. The highest BCUT2D eigenvalue weighted by Gasteiger charge is 2.23. The first-order chi connectivity index (χ1) is 13.1. The number of aliphatic hydroxyl groups excluding tert-OH is 1. The number of hydrogen-bond donors (Lipinski definition) is 3. The van der Waals surface area contributed by atoms with Gasteiger partial charge in [0.1, 0.15) is 0 Å². The van der Waals surface area contributed by atoms with Crippen molar-refractivity contribution in [3.63, 3.8) is 0 Å². The molecule has 2 aliphatic heterocycles. The third kappa shape index (κ3) is 5.20. The summed E-state index contributed by atoms with van der Waals surface area (Å²) in [5, 5.41) is 15.0. The molecule has 3 N–H and O–H groups in total. The quantitative estimate of drug-likeness (QED) is 0.710. The lowest BCUT2D eigenvalue weighted by Gasteiger charge is -2.31. The van der Waals surface area contributed by atoms with Gasteiger partial charge < -0.3 is 25.5 Å². The maximum absolute atomic E-state index is 12.1. The van der Waals surface area contributed by atoms with Crippen LogP contribution in [0.4, 0.5) is 16.2 Å². The molecule has 7 heteroatoms. The maximum Gasteiger partial charge on any atom is 0.319 e. The Balaban J connectivity index is 1.45. The van der Waals surface area contributed by atoms with Crippen LogP contribution < -0.4 is 15.5 Å². The number of nitrogens with one attached hydrogen (secondary N) is 2. The average Bonchev–Trinajstić information content (AvgIpc) is 3.08. The lowest BCUT2D eigenvalue weighted by molar-refractivity contribution is -0.117. The van der Waals surface area contributed by atoms with Gasteiger partial charge in [-0.05, 0) is 62.4 Å². The zero-order chi connectivity index (χ0) is 19.2. The van der Waals surface area contributed by atoms with Crippen LogP contribution in [0.5, 0.6) is 0 Å². The van der Waals surface area contributed by atoms with Crippen LogP contribution in [0.2, 0.25) is 0 Å². The number of likely N-dealkylation sites (tertiary alicyclic amines) is 1. The van der Waals surface area contributed by atoms with Crippen LogP contribution in [0.3, 0.4) is 0 Å². The van der Waals surface area contributed by atoms with Crippen molar-refractivity contribution in [2.45, 2.75) is 32.6 Å². The Bertz CT molecular complexity index is 679. The fraction of sp³-hybridized carbons (Fsp3) is 0.600. The molecule has 0 radical (unpaired) electrons. The first-order valence-corrected chi connectivity index (χ1v) is 9.86. The second kappa shape index (κ2) is 9.19. The summed E-state index contributed by atoms with van der Waals surface area (Å²) in [6.45, 7) is 6.24. The molecule has 2 heterocycles. The van der Waals surface area contributed by atoms with Crippen LogP contribution in [0.25, 0.3) is 0 Å². The maximum atomic E-state index is 12.1. The number of benzene rings is 1. The molecule has 27 heavy (non-hydrogen) atoms. The number of urea groups is 1. The average molecular weight is 374 g/mol. The van der Waals surface area contributed by atoms with Crippen LogP contribution in [-0.4, -0.2) is 61.3 Å². The van der Waals surface area contributed by atoms with E-state index >= 15 is 0 Å². The monoisotopic (exact) mass is 374 g/mol. The van der Waals surface area contributed by atoms with Crippen LogP contribution >= 0.6 is 0 Å². The number of rotatable bonds is 6. The van der Waals surface area contributed by atoms with E-state index < -0.39 is 0 Å². The zero-order valence-corrected chi connectivity index (χ0v) is 16.0. The molecule has 1 aromatic rings. The van der Waals surface area contributed by atoms with Gasteiger partial charge in [-0.2, -0.15) is 0 Å². The molecule has 0 aromatic heterocycles. The zero-order valence-electron chi connectivity index (χ0n) is 16.0. The number of piperidine rings is 1. The molecular formula is C20H30N4O3. The normalized spacial score (nSPS) is 20.7. The summed E-state index contributed by atoms with van der Waals surface area (Å²) < 4.78 is 0. The standard InChI is InChI=1S/C20H30N4O3/c1-15-12-17(6-7-18(15)24-10-3-5-19(24)26)22-20(27)21-8-11-23-9-2-4-16(13-23)14-25/h6-7,12,16,25H,2-5,8-11,13-14H2,1H3,(H2,21,22,27)/t16-/m0/s1. The van der Waals surface area contributed by atoms with Crippen molar-refractivity contribution < 1.29 is 14.7 Å². The number of anilines is 2. The van der Waals surface area contributed by atoms with Crippen molar-refractivity contribution in [2.75, 3.05) is 49.5 Å². The number of nitrogens with zero attached hydrogens (tertiary/aromatic N) is 2. The van der Waals surface area contributed by atoms with Gasteiger partial charge in [-0.3, -0.25) is 4.79 Å². The Morgan fingerprint density at radius 1 is 1.30 bits per heavy atom. The summed E-state index contributed by atoms with van der Waals surface area (Å²) >= 11 is 0. The van der Waals surface area contributed by atoms with Crippen LogP contribution in [0.15, 0.2) is 18.2 Å². The summed E-state index contributed by atoms with van der Waals surface area (Å²) in [6, 6.07) is 5.41. The van der Waals surface area contributed by atoms with E-state index in [4.69, 9.17) is 0 Å². The molecule has 2 fully saturated rings. The van der Waals surface area contributed by atoms with Gasteiger partial charge in [-0.15, -0.1) is 0 Å². The first-order valence-electron chi connectivity index (χ1n) is 9.86. The van der Waals surface area contributed by atoms with Gasteiger partial charge in [0.15, 0.2) is 0 Å². The van der Waals surface area contributed by atoms with Crippen molar-refractivity contribution in [2.24, 2.45) is 5.92 Å². The molecule has 2 aliphatic rings. The number of aliphatic hydroxyl groups is 1. The molecule has 2 saturated heterocycles. The van der Waals surface area contributed by atoms with Crippen molar-refractivity contribution >= 4 is 23.3 Å². The van der Waals surface area contributed by atoms with Crippen LogP contribution in [0.1, 0.15) is 31.2 Å². The van der Waals surface area contributed by atoms with Gasteiger partial charge >= 0.3 is 6.03 Å². The minimum atomic E-state index is -0.227. The first kappa shape index (κ1) is 19.6. The Morgan fingerprint density at radius 3 is 2.85 bits per heavy atom. The molecule has 1 aromatic carbocycles. The molecule has 0 saturated carbocycles. The Kier molecular flexibility index (Phi) is 6.68. The second-order valence-corrected chi connectivity index (χ2v) is 7.52. The van der Waals surface area contributed by atoms with E-state index in [9.17, 15) is 14.7 Å². The van der Waals surface area contributed by atoms with Gasteiger partial charge in [0, 0.05) is 50.6 Å². The smallest absolute Gasteiger partial charge is 0.319 e. The highest BCUT2D eigenvalue weighted by atomic mass is 16.3. The molecule has 1 atom stereocenters. The van der Waals surface area contributed by atoms with Crippen molar-refractivity contribution in [3.8, 4) is 0 Å². The Hall–Kier alpha value is -2.12. The summed E-state index contributed by atoms with van der Waals surface area (Å²) in [5.41, 5.74) is 2.62. The fourth-order valence-electron chi connectivity index (χ4n) is 3.95. The van der Waals surface area contributed by atoms with Gasteiger partial charge in [-0.25, -0.2) is 4.79 Å². The van der Waals surface area contributed by atoms with Crippen molar-refractivity contribution in [1.29, 1.82) is 0 Å². The SMILES string of the molecule is Cc1cc(NC(=O)NCCN2CCC[C@H](CO)C2)ccc1N1CCCC1=O. The predicted octanol–water partition coefficient (Wildman–Crippen LogP) is 1.95. The highest BCUT2D eigenvalue weighted by Crippen LogP contribution is 2.27. The van der Waals surface area contributed by atoms with E-state index in [2.05, 4.69) is 15.5 Å². The van der Waals surface area contributed by atoms with Crippen LogP contribution in [-0.2, 0) is 4.79 Å². The third-order valence-electron chi connectivity index (χ3n) is 5.39. The topological polar surface area (TPSA) is 84.9 Å². The largest absolute Gasteiger partial charge is 0.396 e. The predicted molar refractivity (Wildman–Crippen MR) is 106 cm³/mol. The number of aryl methyl sites for hydroxylation is 1. The van der Waals surface area contributed by atoms with E-state index in [0.29, 0.717) is 18.9 Å². The minimum absolute atomic E-state index is 0.165. The summed E-state index contributed by atoms with van der Waals surface area (Å²) in [4.78, 5) is 28.1. The summed E-state index contributed by atoms with van der Waals surface area (Å²) in [7, 11) is 0. The number of carbonyl (C=O) groups excluding carboxylic acids is 2. The highest BCUT2D eigenvalue weighted by molar-refractivity contribution is 5.96. The van der Waals surface area contributed by atoms with E-state index in [0.717, 1.165) is 62.4 Å². The summed E-state index contributed by atoms with van der Waals surface area (Å²) in [5.74, 6) is 0.522. The van der Waals surface area contributed by atoms with Gasteiger partial charge in [-0.1, -0.05) is 0 Å². The number of amides is 3. The lowest BCUT2D eigenvalue weighted by atomic mass is 9.99. The van der Waals surface area contributed by atoms with E-state index in [-0.39, 0.29) is 18.5 Å². The fourth-order valence-corrected chi connectivity index (χ4v) is 3.95. The van der Waals surface area contributed by atoms with Gasteiger partial charge in [0.05, 0.1) is 0 Å². The second-order valence-electron chi connectivity index (χ2n) is 7.52. The van der Waals surface area contributed by atoms with Crippen molar-refractivity contribution in [3.05, 3.63) is 23.8 Å². The van der Waals surface area contributed by atoms with Crippen molar-refractivity contribution in [1.82, 2.24) is 10.2 Å². The van der Waals surface area contributed by atoms with Gasteiger partial charge in [0.25, 0.3) is 0 Å². The number of hydrogen-bond acceptors (Lipinski definition) is 4. The molecule has 0 bridgehead atoms. The van der Waals surface area contributed by atoms with E-state index in [1.165, 1.54) is 0 Å². The minimum Gasteiger partial charge on any atom is -0.396 e. The molecule has 3 amide bonds. The van der Waals surface area contributed by atoms with E-state index in [1.54, 1.807) is 0 Å². The summed E-state index contributed by atoms with van der Waals surface area (Å²) in [6.07, 6.45) is 3.69. The Morgan fingerprint density at radius 2 is 2.15 bits per heavy atom. The van der Waals surface area contributed by atoms with Crippen LogP contribution in [0, 0.1) is 12.8 Å². The molecule has 148 valence electrons. The number of carbonyl (C=O) groups is 2. The van der Waals surface area contributed by atoms with E-state index in [1.807, 2.05) is 30.0 Å². The molecule has 3 rings (SSSR count). The third-order valence-corrected chi connectivity index (χ3v) is 5.39. The molecule has 0 unspecified atom stereocenters.